The number of fused-ring (bicyclic) bond motifs is 2. The second-order valence-corrected chi connectivity index (χ2v) is 6.41. The summed E-state index contributed by atoms with van der Waals surface area (Å²) in [5.74, 6) is 0.507. The van der Waals surface area contributed by atoms with E-state index in [9.17, 15) is 9.59 Å². The van der Waals surface area contributed by atoms with Crippen molar-refractivity contribution in [1.82, 2.24) is 4.98 Å². The fraction of sp³-hybridized carbons (Fsp3) is 0.316. The van der Waals surface area contributed by atoms with E-state index in [2.05, 4.69) is 27.8 Å². The fourth-order valence-electron chi connectivity index (χ4n) is 3.58. The third-order valence-electron chi connectivity index (χ3n) is 4.80. The van der Waals surface area contributed by atoms with Crippen LogP contribution in [0.15, 0.2) is 36.5 Å². The first kappa shape index (κ1) is 14.9. The third-order valence-corrected chi connectivity index (χ3v) is 4.80. The summed E-state index contributed by atoms with van der Waals surface area (Å²) in [6, 6.07) is 10.1. The van der Waals surface area contributed by atoms with Crippen molar-refractivity contribution in [2.45, 2.75) is 38.0 Å². The summed E-state index contributed by atoms with van der Waals surface area (Å²) < 4.78 is 0. The number of carbonyl (C=O) groups excluding carboxylic acids is 2. The summed E-state index contributed by atoms with van der Waals surface area (Å²) in [7, 11) is 0. The molecule has 1 aliphatic carbocycles. The Kier molecular flexibility index (Phi) is 3.76. The van der Waals surface area contributed by atoms with Crippen molar-refractivity contribution in [3.8, 4) is 0 Å². The van der Waals surface area contributed by atoms with E-state index in [1.807, 2.05) is 18.2 Å². The van der Waals surface area contributed by atoms with Gasteiger partial charge in [0.1, 0.15) is 5.82 Å². The Morgan fingerprint density at radius 3 is 2.96 bits per heavy atom. The Labute approximate surface area is 140 Å². The highest BCUT2D eigenvalue weighted by Gasteiger charge is 2.26. The van der Waals surface area contributed by atoms with Crippen LogP contribution in [0.2, 0.25) is 0 Å². The Morgan fingerprint density at radius 1 is 1.17 bits per heavy atom. The predicted molar refractivity (Wildman–Crippen MR) is 91.9 cm³/mol. The molecule has 1 aromatic carbocycles. The molecule has 2 heterocycles. The molecular weight excluding hydrogens is 302 g/mol. The molecule has 0 bridgehead atoms. The number of benzene rings is 1. The second kappa shape index (κ2) is 6.07. The van der Waals surface area contributed by atoms with Gasteiger partial charge in [0.15, 0.2) is 0 Å². The minimum atomic E-state index is -0.106. The van der Waals surface area contributed by atoms with Crippen molar-refractivity contribution >= 4 is 23.3 Å². The SMILES string of the molecule is O=C1CCc2cc(NC(=O)[C@@H]3CCCc4ccccc43)cnc2N1. The molecule has 2 amide bonds. The Morgan fingerprint density at radius 2 is 2.04 bits per heavy atom. The Balaban J connectivity index is 1.54. The zero-order chi connectivity index (χ0) is 16.5. The minimum Gasteiger partial charge on any atom is -0.324 e. The topological polar surface area (TPSA) is 71.1 Å². The molecule has 4 rings (SSSR count). The van der Waals surface area contributed by atoms with Gasteiger partial charge < -0.3 is 10.6 Å². The highest BCUT2D eigenvalue weighted by atomic mass is 16.2. The van der Waals surface area contributed by atoms with E-state index in [0.717, 1.165) is 30.4 Å². The van der Waals surface area contributed by atoms with E-state index in [-0.39, 0.29) is 17.7 Å². The van der Waals surface area contributed by atoms with Crippen molar-refractivity contribution < 1.29 is 9.59 Å². The van der Waals surface area contributed by atoms with Gasteiger partial charge in [-0.2, -0.15) is 0 Å². The normalized spacial score (nSPS) is 19.0. The molecule has 2 N–H and O–H groups in total. The first-order valence-corrected chi connectivity index (χ1v) is 8.38. The molecule has 0 saturated carbocycles. The summed E-state index contributed by atoms with van der Waals surface area (Å²) in [4.78, 5) is 28.4. The summed E-state index contributed by atoms with van der Waals surface area (Å²) in [6.45, 7) is 0. The van der Waals surface area contributed by atoms with Crippen molar-refractivity contribution in [3.05, 3.63) is 53.2 Å². The summed E-state index contributed by atoms with van der Waals surface area (Å²) in [5.41, 5.74) is 4.07. The zero-order valence-electron chi connectivity index (χ0n) is 13.3. The number of hydrogen-bond donors (Lipinski definition) is 2. The van der Waals surface area contributed by atoms with Crippen LogP contribution >= 0.6 is 0 Å². The van der Waals surface area contributed by atoms with Crippen LogP contribution in [-0.2, 0) is 22.4 Å². The maximum atomic E-state index is 12.7. The molecular formula is C19H19N3O2. The molecule has 2 aromatic rings. The van der Waals surface area contributed by atoms with Gasteiger partial charge in [0.05, 0.1) is 17.8 Å². The van der Waals surface area contributed by atoms with Crippen LogP contribution in [0.5, 0.6) is 0 Å². The molecule has 122 valence electrons. The summed E-state index contributed by atoms with van der Waals surface area (Å²) in [6.07, 6.45) is 5.67. The highest BCUT2D eigenvalue weighted by Crippen LogP contribution is 2.32. The monoisotopic (exact) mass is 321 g/mol. The van der Waals surface area contributed by atoms with Crippen molar-refractivity contribution in [2.75, 3.05) is 10.6 Å². The maximum Gasteiger partial charge on any atom is 0.231 e. The van der Waals surface area contributed by atoms with Gasteiger partial charge in [-0.25, -0.2) is 4.98 Å². The molecule has 1 atom stereocenters. The predicted octanol–water partition coefficient (Wildman–Crippen LogP) is 3.02. The second-order valence-electron chi connectivity index (χ2n) is 6.41. The molecule has 0 spiro atoms. The zero-order valence-corrected chi connectivity index (χ0v) is 13.3. The highest BCUT2D eigenvalue weighted by molar-refractivity contribution is 5.97. The largest absolute Gasteiger partial charge is 0.324 e. The number of carbonyl (C=O) groups is 2. The minimum absolute atomic E-state index is 0.00871. The van der Waals surface area contributed by atoms with Crippen LogP contribution in [0.3, 0.4) is 0 Å². The molecule has 1 aromatic heterocycles. The molecule has 0 radical (unpaired) electrons. The van der Waals surface area contributed by atoms with E-state index in [1.54, 1.807) is 6.20 Å². The number of aryl methyl sites for hydroxylation is 2. The molecule has 24 heavy (non-hydrogen) atoms. The molecule has 0 saturated heterocycles. The smallest absolute Gasteiger partial charge is 0.231 e. The van der Waals surface area contributed by atoms with E-state index in [1.165, 1.54) is 5.56 Å². The van der Waals surface area contributed by atoms with Crippen LogP contribution in [0, 0.1) is 0 Å². The van der Waals surface area contributed by atoms with Crippen molar-refractivity contribution in [3.63, 3.8) is 0 Å². The first-order chi connectivity index (χ1) is 11.7. The number of rotatable bonds is 2. The van der Waals surface area contributed by atoms with Crippen LogP contribution in [-0.4, -0.2) is 16.8 Å². The number of nitrogens with zero attached hydrogens (tertiary/aromatic N) is 1. The van der Waals surface area contributed by atoms with Gasteiger partial charge in [-0.15, -0.1) is 0 Å². The molecule has 0 fully saturated rings. The van der Waals surface area contributed by atoms with E-state index in [0.29, 0.717) is 24.3 Å². The number of pyridine rings is 1. The number of nitrogens with one attached hydrogen (secondary N) is 2. The molecule has 5 heteroatoms. The van der Waals surface area contributed by atoms with Gasteiger partial charge >= 0.3 is 0 Å². The van der Waals surface area contributed by atoms with E-state index in [4.69, 9.17) is 0 Å². The maximum absolute atomic E-state index is 12.7. The van der Waals surface area contributed by atoms with Gasteiger partial charge in [-0.3, -0.25) is 9.59 Å². The number of aromatic nitrogens is 1. The van der Waals surface area contributed by atoms with Crippen LogP contribution in [0.4, 0.5) is 11.5 Å². The van der Waals surface area contributed by atoms with Gasteiger partial charge in [0.25, 0.3) is 0 Å². The van der Waals surface area contributed by atoms with Crippen LogP contribution in [0.25, 0.3) is 0 Å². The standard InChI is InChI=1S/C19H19N3O2/c23-17-9-8-13-10-14(11-20-18(13)22-17)21-19(24)16-7-3-5-12-4-1-2-6-15(12)16/h1-2,4,6,10-11,16H,3,5,7-9H2,(H,21,24)(H,20,22,23)/t16-/m1/s1. The average molecular weight is 321 g/mol. The lowest BCUT2D eigenvalue weighted by molar-refractivity contribution is -0.118. The van der Waals surface area contributed by atoms with Gasteiger partial charge in [-0.05, 0) is 48.4 Å². The average Bonchev–Trinajstić information content (AvgIpc) is 2.61. The van der Waals surface area contributed by atoms with Gasteiger partial charge in [0.2, 0.25) is 11.8 Å². The number of hydrogen-bond acceptors (Lipinski definition) is 3. The summed E-state index contributed by atoms with van der Waals surface area (Å²) in [5, 5.41) is 5.75. The fourth-order valence-corrected chi connectivity index (χ4v) is 3.58. The van der Waals surface area contributed by atoms with Crippen LogP contribution in [0.1, 0.15) is 41.9 Å². The lowest BCUT2D eigenvalue weighted by Crippen LogP contribution is -2.25. The number of amides is 2. The Hall–Kier alpha value is -2.69. The molecule has 5 nitrogen and oxygen atoms in total. The lowest BCUT2D eigenvalue weighted by atomic mass is 9.82. The quantitative estimate of drug-likeness (QED) is 0.893. The lowest BCUT2D eigenvalue weighted by Gasteiger charge is -2.25. The van der Waals surface area contributed by atoms with Crippen molar-refractivity contribution in [2.24, 2.45) is 0 Å². The summed E-state index contributed by atoms with van der Waals surface area (Å²) >= 11 is 0. The Bertz CT molecular complexity index is 816. The molecule has 2 aliphatic rings. The van der Waals surface area contributed by atoms with Gasteiger partial charge in [-0.1, -0.05) is 24.3 Å². The van der Waals surface area contributed by atoms with Gasteiger partial charge in [0, 0.05) is 6.42 Å². The van der Waals surface area contributed by atoms with E-state index >= 15 is 0 Å². The van der Waals surface area contributed by atoms with Crippen LogP contribution < -0.4 is 10.6 Å². The first-order valence-electron chi connectivity index (χ1n) is 8.38. The third kappa shape index (κ3) is 2.77. The number of anilines is 2. The molecule has 1 aliphatic heterocycles. The van der Waals surface area contributed by atoms with Crippen molar-refractivity contribution in [1.29, 1.82) is 0 Å². The van der Waals surface area contributed by atoms with E-state index < -0.39 is 0 Å². The molecule has 0 unspecified atom stereocenters.